The molecule has 2 rings (SSSR count). The van der Waals surface area contributed by atoms with Gasteiger partial charge in [-0.3, -0.25) is 4.79 Å². The van der Waals surface area contributed by atoms with Gasteiger partial charge in [0.1, 0.15) is 11.8 Å². The van der Waals surface area contributed by atoms with Gasteiger partial charge in [-0.2, -0.15) is 0 Å². The van der Waals surface area contributed by atoms with E-state index in [1.165, 1.54) is 18.1 Å². The van der Waals surface area contributed by atoms with Crippen molar-refractivity contribution in [3.63, 3.8) is 0 Å². The Morgan fingerprint density at radius 3 is 2.81 bits per heavy atom. The third-order valence-electron chi connectivity index (χ3n) is 3.29. The van der Waals surface area contributed by atoms with Crippen LogP contribution in [-0.4, -0.2) is 43.1 Å². The fourth-order valence-electron chi connectivity index (χ4n) is 2.26. The number of amides is 1. The second-order valence-electron chi connectivity index (χ2n) is 4.63. The predicted octanol–water partition coefficient (Wildman–Crippen LogP) is 2.54. The van der Waals surface area contributed by atoms with E-state index in [0.717, 1.165) is 6.42 Å². The van der Waals surface area contributed by atoms with Gasteiger partial charge in [0, 0.05) is 11.6 Å². The average Bonchev–Trinajstić information content (AvgIpc) is 2.94. The van der Waals surface area contributed by atoms with Crippen molar-refractivity contribution in [2.24, 2.45) is 0 Å². The van der Waals surface area contributed by atoms with Gasteiger partial charge < -0.3 is 14.4 Å². The standard InChI is InChI=1S/C14H15Cl2NO4/c1-20-14(19)11-3-2-6-17(11)13(18)8-21-12-5-4-9(15)7-10(12)16/h4-5,7,11H,2-3,6,8H2,1H3. The molecular formula is C14H15Cl2NO4. The lowest BCUT2D eigenvalue weighted by Gasteiger charge is -2.22. The second kappa shape index (κ2) is 7.00. The summed E-state index contributed by atoms with van der Waals surface area (Å²) in [6.45, 7) is 0.338. The van der Waals surface area contributed by atoms with Gasteiger partial charge in [-0.25, -0.2) is 4.79 Å². The Bertz CT molecular complexity index is 550. The number of benzene rings is 1. The van der Waals surface area contributed by atoms with E-state index in [9.17, 15) is 9.59 Å². The van der Waals surface area contributed by atoms with Crippen molar-refractivity contribution in [3.05, 3.63) is 28.2 Å². The number of nitrogens with zero attached hydrogens (tertiary/aromatic N) is 1. The maximum atomic E-state index is 12.2. The van der Waals surface area contributed by atoms with E-state index in [1.807, 2.05) is 0 Å². The molecule has 114 valence electrons. The van der Waals surface area contributed by atoms with Crippen LogP contribution < -0.4 is 4.74 Å². The number of rotatable bonds is 4. The number of halogens is 2. The van der Waals surface area contributed by atoms with E-state index in [2.05, 4.69) is 0 Å². The molecule has 1 saturated heterocycles. The molecule has 1 heterocycles. The molecule has 1 aromatic carbocycles. The molecular weight excluding hydrogens is 317 g/mol. The van der Waals surface area contributed by atoms with Crippen LogP contribution in [0.5, 0.6) is 5.75 Å². The first-order valence-electron chi connectivity index (χ1n) is 6.48. The lowest BCUT2D eigenvalue weighted by Crippen LogP contribution is -2.43. The van der Waals surface area contributed by atoms with E-state index < -0.39 is 12.0 Å². The zero-order chi connectivity index (χ0) is 15.4. The van der Waals surface area contributed by atoms with Gasteiger partial charge in [0.2, 0.25) is 0 Å². The second-order valence-corrected chi connectivity index (χ2v) is 5.48. The summed E-state index contributed by atoms with van der Waals surface area (Å²) in [5, 5.41) is 0.824. The molecule has 0 spiro atoms. The number of hydrogen-bond donors (Lipinski definition) is 0. The molecule has 5 nitrogen and oxygen atoms in total. The molecule has 0 N–H and O–H groups in total. The first kappa shape index (κ1) is 15.9. The summed E-state index contributed by atoms with van der Waals surface area (Å²) in [5.41, 5.74) is 0. The van der Waals surface area contributed by atoms with Crippen LogP contribution in [0.15, 0.2) is 18.2 Å². The SMILES string of the molecule is COC(=O)C1CCCN1C(=O)COc1ccc(Cl)cc1Cl. The molecule has 0 aliphatic carbocycles. The first-order chi connectivity index (χ1) is 10.0. The van der Waals surface area contributed by atoms with Gasteiger partial charge in [0.05, 0.1) is 12.1 Å². The highest BCUT2D eigenvalue weighted by atomic mass is 35.5. The molecule has 1 amide bonds. The molecule has 7 heteroatoms. The summed E-state index contributed by atoms with van der Waals surface area (Å²) < 4.78 is 10.1. The zero-order valence-corrected chi connectivity index (χ0v) is 13.0. The number of esters is 1. The Kier molecular flexibility index (Phi) is 5.31. The average molecular weight is 332 g/mol. The van der Waals surface area contributed by atoms with E-state index in [1.54, 1.807) is 12.1 Å². The van der Waals surface area contributed by atoms with E-state index >= 15 is 0 Å². The minimum absolute atomic E-state index is 0.186. The van der Waals surface area contributed by atoms with E-state index in [0.29, 0.717) is 28.8 Å². The lowest BCUT2D eigenvalue weighted by molar-refractivity contribution is -0.151. The van der Waals surface area contributed by atoms with Gasteiger partial charge in [0.15, 0.2) is 6.61 Å². The molecule has 1 fully saturated rings. The number of hydrogen-bond acceptors (Lipinski definition) is 4. The summed E-state index contributed by atoms with van der Waals surface area (Å²) in [7, 11) is 1.31. The van der Waals surface area contributed by atoms with Gasteiger partial charge in [0.25, 0.3) is 5.91 Å². The number of likely N-dealkylation sites (tertiary alicyclic amines) is 1. The number of ether oxygens (including phenoxy) is 2. The maximum Gasteiger partial charge on any atom is 0.328 e. The van der Waals surface area contributed by atoms with Crippen LogP contribution in [-0.2, 0) is 14.3 Å². The molecule has 0 saturated carbocycles. The van der Waals surface area contributed by atoms with Gasteiger partial charge in [-0.05, 0) is 31.0 Å². The predicted molar refractivity (Wildman–Crippen MR) is 78.7 cm³/mol. The van der Waals surface area contributed by atoms with Crippen LogP contribution in [0, 0.1) is 0 Å². The van der Waals surface area contributed by atoms with Crippen LogP contribution in [0.1, 0.15) is 12.8 Å². The quantitative estimate of drug-likeness (QED) is 0.795. The van der Waals surface area contributed by atoms with Crippen molar-refractivity contribution < 1.29 is 19.1 Å². The smallest absolute Gasteiger partial charge is 0.328 e. The maximum absolute atomic E-state index is 12.2. The molecule has 1 aliphatic rings. The monoisotopic (exact) mass is 331 g/mol. The van der Waals surface area contributed by atoms with Crippen LogP contribution in [0.25, 0.3) is 0 Å². The summed E-state index contributed by atoms with van der Waals surface area (Å²) >= 11 is 11.8. The topological polar surface area (TPSA) is 55.8 Å². The molecule has 1 atom stereocenters. The highest BCUT2D eigenvalue weighted by molar-refractivity contribution is 6.35. The highest BCUT2D eigenvalue weighted by Gasteiger charge is 2.34. The summed E-state index contributed by atoms with van der Waals surface area (Å²) in [4.78, 5) is 25.2. The molecule has 0 radical (unpaired) electrons. The summed E-state index contributed by atoms with van der Waals surface area (Å²) in [6.07, 6.45) is 1.38. The van der Waals surface area contributed by atoms with Crippen LogP contribution in [0.3, 0.4) is 0 Å². The Labute approximate surface area is 132 Å². The normalized spacial score (nSPS) is 17.7. The van der Waals surface area contributed by atoms with E-state index in [4.69, 9.17) is 32.7 Å². The molecule has 1 aliphatic heterocycles. The number of methoxy groups -OCH3 is 1. The largest absolute Gasteiger partial charge is 0.482 e. The van der Waals surface area contributed by atoms with Crippen molar-refractivity contribution >= 4 is 35.1 Å². The van der Waals surface area contributed by atoms with Crippen molar-refractivity contribution in [1.29, 1.82) is 0 Å². The Morgan fingerprint density at radius 1 is 1.38 bits per heavy atom. The third kappa shape index (κ3) is 3.80. The summed E-state index contributed by atoms with van der Waals surface area (Å²) in [5.74, 6) is -0.289. The Balaban J connectivity index is 1.96. The lowest BCUT2D eigenvalue weighted by atomic mass is 10.2. The molecule has 0 aromatic heterocycles. The van der Waals surface area contributed by atoms with E-state index in [-0.39, 0.29) is 12.5 Å². The van der Waals surface area contributed by atoms with Crippen molar-refractivity contribution in [2.45, 2.75) is 18.9 Å². The van der Waals surface area contributed by atoms with Crippen LogP contribution >= 0.6 is 23.2 Å². The van der Waals surface area contributed by atoms with Crippen LogP contribution in [0.2, 0.25) is 10.0 Å². The van der Waals surface area contributed by atoms with Gasteiger partial charge in [-0.1, -0.05) is 23.2 Å². The van der Waals surface area contributed by atoms with Crippen molar-refractivity contribution in [2.75, 3.05) is 20.3 Å². The number of carbonyl (C=O) groups excluding carboxylic acids is 2. The Hall–Kier alpha value is -1.46. The Morgan fingerprint density at radius 2 is 2.14 bits per heavy atom. The molecule has 21 heavy (non-hydrogen) atoms. The minimum Gasteiger partial charge on any atom is -0.482 e. The fraction of sp³-hybridized carbons (Fsp3) is 0.429. The fourth-order valence-corrected chi connectivity index (χ4v) is 2.72. The highest BCUT2D eigenvalue weighted by Crippen LogP contribution is 2.27. The minimum atomic E-state index is -0.521. The first-order valence-corrected chi connectivity index (χ1v) is 7.23. The summed E-state index contributed by atoms with van der Waals surface area (Å²) in [6, 6.07) is 4.24. The van der Waals surface area contributed by atoms with Gasteiger partial charge >= 0.3 is 5.97 Å². The van der Waals surface area contributed by atoms with Crippen LogP contribution in [0.4, 0.5) is 0 Å². The van der Waals surface area contributed by atoms with Crippen molar-refractivity contribution in [3.8, 4) is 5.75 Å². The van der Waals surface area contributed by atoms with Crippen molar-refractivity contribution in [1.82, 2.24) is 4.90 Å². The van der Waals surface area contributed by atoms with Gasteiger partial charge in [-0.15, -0.1) is 0 Å². The molecule has 1 aromatic rings. The zero-order valence-electron chi connectivity index (χ0n) is 11.5. The third-order valence-corrected chi connectivity index (χ3v) is 3.82. The molecule has 0 bridgehead atoms. The molecule has 1 unspecified atom stereocenters. The number of carbonyl (C=O) groups is 2.